The van der Waals surface area contributed by atoms with Gasteiger partial charge in [-0.1, -0.05) is 18.6 Å². The van der Waals surface area contributed by atoms with Crippen LogP contribution in [0, 0.1) is 11.7 Å². The lowest BCUT2D eigenvalue weighted by Gasteiger charge is -2.28. The second-order valence-corrected chi connectivity index (χ2v) is 6.24. The van der Waals surface area contributed by atoms with Gasteiger partial charge in [0.2, 0.25) is 5.91 Å². The minimum absolute atomic E-state index is 0. The number of amides is 1. The molecule has 118 valence electrons. The molecule has 2 atom stereocenters. The lowest BCUT2D eigenvalue weighted by molar-refractivity contribution is -0.123. The molecule has 0 heterocycles. The maximum atomic E-state index is 13.3. The molecule has 1 aromatic rings. The Morgan fingerprint density at radius 2 is 2.14 bits per heavy atom. The van der Waals surface area contributed by atoms with Crippen LogP contribution in [-0.2, 0) is 10.3 Å². The summed E-state index contributed by atoms with van der Waals surface area (Å²) in [6.45, 7) is 3.77. The van der Waals surface area contributed by atoms with Crippen molar-refractivity contribution in [3.05, 3.63) is 35.6 Å². The Morgan fingerprint density at radius 1 is 1.43 bits per heavy atom. The molecular formula is C16H24ClFN2O. The third-order valence-electron chi connectivity index (χ3n) is 4.16. The molecule has 5 heteroatoms. The molecule has 0 radical (unpaired) electrons. The third kappa shape index (κ3) is 4.68. The highest BCUT2D eigenvalue weighted by atomic mass is 35.5. The van der Waals surface area contributed by atoms with Crippen molar-refractivity contribution < 1.29 is 9.18 Å². The average molecular weight is 315 g/mol. The smallest absolute Gasteiger partial charge is 0.221 e. The molecule has 0 aliphatic heterocycles. The fourth-order valence-electron chi connectivity index (χ4n) is 2.91. The molecule has 0 aromatic heterocycles. The van der Waals surface area contributed by atoms with Crippen molar-refractivity contribution in [3.63, 3.8) is 0 Å². The van der Waals surface area contributed by atoms with E-state index in [4.69, 9.17) is 5.73 Å². The molecule has 1 aliphatic carbocycles. The van der Waals surface area contributed by atoms with Crippen molar-refractivity contribution in [1.29, 1.82) is 0 Å². The molecule has 2 rings (SSSR count). The molecule has 1 fully saturated rings. The predicted molar refractivity (Wildman–Crippen MR) is 84.8 cm³/mol. The first kappa shape index (κ1) is 17.9. The Balaban J connectivity index is 0.00000220. The maximum Gasteiger partial charge on any atom is 0.221 e. The largest absolute Gasteiger partial charge is 0.347 e. The fourth-order valence-corrected chi connectivity index (χ4v) is 2.91. The summed E-state index contributed by atoms with van der Waals surface area (Å²) in [7, 11) is 0. The normalized spacial score (nSPS) is 21.7. The first-order valence-electron chi connectivity index (χ1n) is 7.21. The number of rotatable bonds is 4. The van der Waals surface area contributed by atoms with Crippen LogP contribution in [0.1, 0.15) is 45.1 Å². The van der Waals surface area contributed by atoms with Crippen molar-refractivity contribution in [1.82, 2.24) is 5.32 Å². The molecular weight excluding hydrogens is 291 g/mol. The van der Waals surface area contributed by atoms with E-state index in [1.165, 1.54) is 12.1 Å². The number of nitrogens with one attached hydrogen (secondary N) is 1. The van der Waals surface area contributed by atoms with Gasteiger partial charge in [0, 0.05) is 12.5 Å². The molecule has 3 nitrogen and oxygen atoms in total. The average Bonchev–Trinajstić information content (AvgIpc) is 2.74. The van der Waals surface area contributed by atoms with Crippen molar-refractivity contribution in [2.45, 2.75) is 51.1 Å². The van der Waals surface area contributed by atoms with Crippen LogP contribution in [0.2, 0.25) is 0 Å². The van der Waals surface area contributed by atoms with Crippen LogP contribution in [0.25, 0.3) is 0 Å². The third-order valence-corrected chi connectivity index (χ3v) is 4.16. The van der Waals surface area contributed by atoms with Crippen LogP contribution in [0.15, 0.2) is 24.3 Å². The molecule has 0 saturated heterocycles. The summed E-state index contributed by atoms with van der Waals surface area (Å²) in [5, 5.41) is 2.99. The zero-order valence-corrected chi connectivity index (χ0v) is 13.4. The molecule has 0 bridgehead atoms. The standard InChI is InChI=1S/C16H23FN2O.ClH/c1-16(2,12-6-4-7-13(17)10-12)19-15(20)9-11-5-3-8-14(11)18;/h4,6-7,10-11,14H,3,5,8-9,18H2,1-2H3,(H,19,20);1H/t11-,14+;/m0./s1. The number of benzene rings is 1. The Kier molecular flexibility index (Phi) is 6.17. The summed E-state index contributed by atoms with van der Waals surface area (Å²) in [5.41, 5.74) is 6.18. The zero-order valence-electron chi connectivity index (χ0n) is 12.6. The van der Waals surface area contributed by atoms with E-state index in [1.807, 2.05) is 19.9 Å². The van der Waals surface area contributed by atoms with Gasteiger partial charge in [-0.05, 0) is 50.3 Å². The molecule has 1 aliphatic rings. The zero-order chi connectivity index (χ0) is 14.8. The molecule has 0 unspecified atom stereocenters. The van der Waals surface area contributed by atoms with Crippen LogP contribution in [-0.4, -0.2) is 11.9 Å². The van der Waals surface area contributed by atoms with Gasteiger partial charge in [-0.15, -0.1) is 12.4 Å². The van der Waals surface area contributed by atoms with Gasteiger partial charge >= 0.3 is 0 Å². The highest BCUT2D eigenvalue weighted by Gasteiger charge is 2.29. The number of carbonyl (C=O) groups excluding carboxylic acids is 1. The van der Waals surface area contributed by atoms with Crippen LogP contribution in [0.5, 0.6) is 0 Å². The van der Waals surface area contributed by atoms with Gasteiger partial charge in [0.05, 0.1) is 5.54 Å². The fraction of sp³-hybridized carbons (Fsp3) is 0.562. The van der Waals surface area contributed by atoms with Crippen molar-refractivity contribution in [2.24, 2.45) is 11.7 Å². The van der Waals surface area contributed by atoms with Crippen molar-refractivity contribution >= 4 is 18.3 Å². The lowest BCUT2D eigenvalue weighted by Crippen LogP contribution is -2.42. The van der Waals surface area contributed by atoms with Gasteiger partial charge in [0.15, 0.2) is 0 Å². The van der Waals surface area contributed by atoms with Crippen molar-refractivity contribution in [2.75, 3.05) is 0 Å². The molecule has 1 amide bonds. The summed E-state index contributed by atoms with van der Waals surface area (Å²) < 4.78 is 13.3. The van der Waals surface area contributed by atoms with E-state index in [1.54, 1.807) is 6.07 Å². The monoisotopic (exact) mass is 314 g/mol. The quantitative estimate of drug-likeness (QED) is 0.897. The van der Waals surface area contributed by atoms with E-state index >= 15 is 0 Å². The first-order valence-corrected chi connectivity index (χ1v) is 7.21. The van der Waals surface area contributed by atoms with Gasteiger partial charge in [-0.2, -0.15) is 0 Å². The van der Waals surface area contributed by atoms with Gasteiger partial charge < -0.3 is 11.1 Å². The Hall–Kier alpha value is -1.13. The van der Waals surface area contributed by atoms with Gasteiger partial charge in [0.1, 0.15) is 5.82 Å². The van der Waals surface area contributed by atoms with Crippen LogP contribution < -0.4 is 11.1 Å². The Morgan fingerprint density at radius 3 is 2.71 bits per heavy atom. The second-order valence-electron chi connectivity index (χ2n) is 6.24. The molecule has 1 aromatic carbocycles. The first-order chi connectivity index (χ1) is 9.38. The number of hydrogen-bond donors (Lipinski definition) is 2. The van der Waals surface area contributed by atoms with Crippen LogP contribution in [0.4, 0.5) is 4.39 Å². The molecule has 0 spiro atoms. The topological polar surface area (TPSA) is 55.1 Å². The number of halogens is 2. The molecule has 3 N–H and O–H groups in total. The van der Waals surface area contributed by atoms with E-state index in [0.717, 1.165) is 24.8 Å². The number of nitrogens with two attached hydrogens (primary N) is 1. The van der Waals surface area contributed by atoms with E-state index in [-0.39, 0.29) is 36.1 Å². The predicted octanol–water partition coefficient (Wildman–Crippen LogP) is 3.12. The minimum atomic E-state index is -0.581. The SMILES string of the molecule is CC(C)(NC(=O)C[C@@H]1CCC[C@H]1N)c1cccc(F)c1.Cl. The summed E-state index contributed by atoms with van der Waals surface area (Å²) in [6.07, 6.45) is 3.59. The molecule has 1 saturated carbocycles. The summed E-state index contributed by atoms with van der Waals surface area (Å²) in [6, 6.07) is 6.48. The molecule has 21 heavy (non-hydrogen) atoms. The second kappa shape index (κ2) is 7.23. The Bertz CT molecular complexity index is 493. The summed E-state index contributed by atoms with van der Waals surface area (Å²) in [5.74, 6) is -0.0254. The van der Waals surface area contributed by atoms with E-state index in [2.05, 4.69) is 5.32 Å². The van der Waals surface area contributed by atoms with E-state index in [0.29, 0.717) is 6.42 Å². The van der Waals surface area contributed by atoms with Crippen molar-refractivity contribution in [3.8, 4) is 0 Å². The Labute approximate surface area is 131 Å². The van der Waals surface area contributed by atoms with Gasteiger partial charge in [0.25, 0.3) is 0 Å². The minimum Gasteiger partial charge on any atom is -0.347 e. The number of hydrogen-bond acceptors (Lipinski definition) is 2. The van der Waals surface area contributed by atoms with Crippen LogP contribution in [0.3, 0.4) is 0 Å². The van der Waals surface area contributed by atoms with E-state index < -0.39 is 5.54 Å². The number of carbonyl (C=O) groups is 1. The van der Waals surface area contributed by atoms with Gasteiger partial charge in [-0.3, -0.25) is 4.79 Å². The van der Waals surface area contributed by atoms with E-state index in [9.17, 15) is 9.18 Å². The highest BCUT2D eigenvalue weighted by molar-refractivity contribution is 5.85. The maximum absolute atomic E-state index is 13.3. The summed E-state index contributed by atoms with van der Waals surface area (Å²) >= 11 is 0. The summed E-state index contributed by atoms with van der Waals surface area (Å²) in [4.78, 5) is 12.2. The highest BCUT2D eigenvalue weighted by Crippen LogP contribution is 2.27. The lowest BCUT2D eigenvalue weighted by atomic mass is 9.93. The van der Waals surface area contributed by atoms with Crippen LogP contribution >= 0.6 is 12.4 Å². The van der Waals surface area contributed by atoms with Gasteiger partial charge in [-0.25, -0.2) is 4.39 Å².